The van der Waals surface area contributed by atoms with Crippen molar-refractivity contribution in [1.82, 2.24) is 0 Å². The van der Waals surface area contributed by atoms with Crippen LogP contribution in [-0.2, 0) is 12.8 Å². The van der Waals surface area contributed by atoms with Crippen LogP contribution in [0.1, 0.15) is 18.1 Å². The van der Waals surface area contributed by atoms with Crippen LogP contribution in [0.4, 0.5) is 0 Å². The van der Waals surface area contributed by atoms with Gasteiger partial charge in [-0.2, -0.15) is 0 Å². The summed E-state index contributed by atoms with van der Waals surface area (Å²) in [6.07, 6.45) is 1.75. The Bertz CT molecular complexity index is 554. The van der Waals surface area contributed by atoms with Crippen molar-refractivity contribution in [3.05, 3.63) is 58.6 Å². The average Bonchev–Trinajstić information content (AvgIpc) is 2.42. The fourth-order valence-electron chi connectivity index (χ4n) is 1.95. The zero-order valence-corrected chi connectivity index (χ0v) is 11.8. The van der Waals surface area contributed by atoms with Gasteiger partial charge in [0.25, 0.3) is 0 Å². The minimum atomic E-state index is 0.575. The van der Waals surface area contributed by atoms with E-state index in [4.69, 9.17) is 22.1 Å². The molecular formula is C16H18ClNO. The first-order valence-electron chi connectivity index (χ1n) is 6.48. The molecule has 0 bridgehead atoms. The first-order chi connectivity index (χ1) is 9.22. The lowest BCUT2D eigenvalue weighted by Crippen LogP contribution is -2.04. The van der Waals surface area contributed by atoms with E-state index in [1.807, 2.05) is 30.3 Å². The molecule has 2 aromatic rings. The molecule has 0 saturated carbocycles. The smallest absolute Gasteiger partial charge is 0.130 e. The molecule has 0 unspecified atom stereocenters. The van der Waals surface area contributed by atoms with Crippen molar-refractivity contribution in [1.29, 1.82) is 0 Å². The van der Waals surface area contributed by atoms with E-state index < -0.39 is 0 Å². The molecule has 0 amide bonds. The quantitative estimate of drug-likeness (QED) is 0.888. The van der Waals surface area contributed by atoms with Gasteiger partial charge in [-0.1, -0.05) is 30.7 Å². The predicted octanol–water partition coefficient (Wildman–Crippen LogP) is 4.20. The van der Waals surface area contributed by atoms with E-state index in [9.17, 15) is 0 Å². The van der Waals surface area contributed by atoms with E-state index in [0.29, 0.717) is 11.6 Å². The van der Waals surface area contributed by atoms with E-state index in [-0.39, 0.29) is 0 Å². The summed E-state index contributed by atoms with van der Waals surface area (Å²) < 4.78 is 5.95. The van der Waals surface area contributed by atoms with E-state index >= 15 is 0 Å². The molecule has 0 spiro atoms. The van der Waals surface area contributed by atoms with Crippen LogP contribution >= 0.6 is 11.6 Å². The molecule has 2 N–H and O–H groups in total. The Morgan fingerprint density at radius 2 is 2.00 bits per heavy atom. The first kappa shape index (κ1) is 13.9. The van der Waals surface area contributed by atoms with Crippen LogP contribution in [0.5, 0.6) is 11.5 Å². The third-order valence-electron chi connectivity index (χ3n) is 2.97. The molecule has 2 nitrogen and oxygen atoms in total. The van der Waals surface area contributed by atoms with Gasteiger partial charge in [-0.05, 0) is 60.8 Å². The third kappa shape index (κ3) is 3.72. The van der Waals surface area contributed by atoms with Crippen LogP contribution in [0.3, 0.4) is 0 Å². The Balaban J connectivity index is 2.26. The van der Waals surface area contributed by atoms with Gasteiger partial charge in [-0.15, -0.1) is 0 Å². The van der Waals surface area contributed by atoms with E-state index in [1.165, 1.54) is 5.56 Å². The number of hydrogen-bond donors (Lipinski definition) is 1. The molecule has 0 aliphatic rings. The summed E-state index contributed by atoms with van der Waals surface area (Å²) in [5.41, 5.74) is 7.92. The molecule has 0 aliphatic heterocycles. The van der Waals surface area contributed by atoms with Gasteiger partial charge in [0, 0.05) is 5.02 Å². The van der Waals surface area contributed by atoms with Crippen molar-refractivity contribution in [2.24, 2.45) is 5.73 Å². The summed E-state index contributed by atoms with van der Waals surface area (Å²) in [6, 6.07) is 13.8. The van der Waals surface area contributed by atoms with Crippen LogP contribution in [0.25, 0.3) is 0 Å². The van der Waals surface area contributed by atoms with Gasteiger partial charge < -0.3 is 10.5 Å². The molecule has 3 heteroatoms. The highest BCUT2D eigenvalue weighted by Gasteiger charge is 2.06. The lowest BCUT2D eigenvalue weighted by molar-refractivity contribution is 0.475. The van der Waals surface area contributed by atoms with Gasteiger partial charge in [0.15, 0.2) is 0 Å². The number of benzene rings is 2. The van der Waals surface area contributed by atoms with Crippen LogP contribution in [0.2, 0.25) is 5.02 Å². The van der Waals surface area contributed by atoms with Gasteiger partial charge in [0.2, 0.25) is 0 Å². The fraction of sp³-hybridized carbons (Fsp3) is 0.250. The minimum absolute atomic E-state index is 0.575. The molecule has 100 valence electrons. The number of halogens is 1. The molecule has 0 aliphatic carbocycles. The van der Waals surface area contributed by atoms with Crippen molar-refractivity contribution < 1.29 is 4.74 Å². The molecule has 0 radical (unpaired) electrons. The Kier molecular flexibility index (Phi) is 4.83. The lowest BCUT2D eigenvalue weighted by atomic mass is 10.1. The molecule has 0 saturated heterocycles. The van der Waals surface area contributed by atoms with Gasteiger partial charge in [-0.25, -0.2) is 0 Å². The van der Waals surface area contributed by atoms with Crippen LogP contribution < -0.4 is 10.5 Å². The summed E-state index contributed by atoms with van der Waals surface area (Å²) in [5.74, 6) is 1.67. The van der Waals surface area contributed by atoms with Crippen LogP contribution in [0, 0.1) is 0 Å². The molecule has 19 heavy (non-hydrogen) atoms. The molecule has 2 aromatic carbocycles. The molecule has 0 heterocycles. The van der Waals surface area contributed by atoms with Gasteiger partial charge in [-0.3, -0.25) is 0 Å². The maximum Gasteiger partial charge on any atom is 0.130 e. The summed E-state index contributed by atoms with van der Waals surface area (Å²) in [6.45, 7) is 2.70. The van der Waals surface area contributed by atoms with Crippen LogP contribution in [-0.4, -0.2) is 6.54 Å². The van der Waals surface area contributed by atoms with Crippen molar-refractivity contribution >= 4 is 11.6 Å². The number of rotatable bonds is 5. The van der Waals surface area contributed by atoms with Gasteiger partial charge >= 0.3 is 0 Å². The van der Waals surface area contributed by atoms with Crippen LogP contribution in [0.15, 0.2) is 42.5 Å². The fourth-order valence-corrected chi connectivity index (χ4v) is 2.15. The first-order valence-corrected chi connectivity index (χ1v) is 6.86. The van der Waals surface area contributed by atoms with E-state index in [2.05, 4.69) is 19.1 Å². The molecule has 0 fully saturated rings. The summed E-state index contributed by atoms with van der Waals surface area (Å²) in [4.78, 5) is 0. The van der Waals surface area contributed by atoms with E-state index in [1.54, 1.807) is 0 Å². The second-order valence-corrected chi connectivity index (χ2v) is 4.83. The SMILES string of the molecule is CCc1cccc(Oc2ccc(Cl)cc2CCN)c1. The highest BCUT2D eigenvalue weighted by molar-refractivity contribution is 6.30. The Hall–Kier alpha value is -1.51. The molecule has 2 rings (SSSR count). The van der Waals surface area contributed by atoms with Gasteiger partial charge in [0.1, 0.15) is 11.5 Å². The second-order valence-electron chi connectivity index (χ2n) is 4.39. The van der Waals surface area contributed by atoms with Crippen molar-refractivity contribution in [3.63, 3.8) is 0 Å². The normalized spacial score (nSPS) is 10.5. The number of aryl methyl sites for hydroxylation is 1. The second kappa shape index (κ2) is 6.60. The highest BCUT2D eigenvalue weighted by Crippen LogP contribution is 2.28. The van der Waals surface area contributed by atoms with Crippen molar-refractivity contribution in [2.45, 2.75) is 19.8 Å². The molecular weight excluding hydrogens is 258 g/mol. The van der Waals surface area contributed by atoms with Gasteiger partial charge in [0.05, 0.1) is 0 Å². The van der Waals surface area contributed by atoms with Crippen molar-refractivity contribution in [3.8, 4) is 11.5 Å². The minimum Gasteiger partial charge on any atom is -0.457 e. The lowest BCUT2D eigenvalue weighted by Gasteiger charge is -2.12. The maximum atomic E-state index is 6.01. The maximum absolute atomic E-state index is 6.01. The molecule has 0 aromatic heterocycles. The standard InChI is InChI=1S/C16H18ClNO/c1-2-12-4-3-5-15(10-12)19-16-7-6-14(17)11-13(16)8-9-18/h3-7,10-11H,2,8-9,18H2,1H3. The number of ether oxygens (including phenoxy) is 1. The monoisotopic (exact) mass is 275 g/mol. The van der Waals surface area contributed by atoms with E-state index in [0.717, 1.165) is 29.9 Å². The number of nitrogens with two attached hydrogens (primary N) is 1. The summed E-state index contributed by atoms with van der Waals surface area (Å²) >= 11 is 6.01. The largest absolute Gasteiger partial charge is 0.457 e. The summed E-state index contributed by atoms with van der Waals surface area (Å²) in [5, 5.41) is 0.707. The highest BCUT2D eigenvalue weighted by atomic mass is 35.5. The number of hydrogen-bond acceptors (Lipinski definition) is 2. The zero-order valence-electron chi connectivity index (χ0n) is 11.0. The Morgan fingerprint density at radius 3 is 2.74 bits per heavy atom. The Labute approximate surface area is 119 Å². The Morgan fingerprint density at radius 1 is 1.16 bits per heavy atom. The zero-order chi connectivity index (χ0) is 13.7. The predicted molar refractivity (Wildman–Crippen MR) is 80.1 cm³/mol. The molecule has 0 atom stereocenters. The topological polar surface area (TPSA) is 35.2 Å². The summed E-state index contributed by atoms with van der Waals surface area (Å²) in [7, 11) is 0. The van der Waals surface area contributed by atoms with Crippen molar-refractivity contribution in [2.75, 3.05) is 6.54 Å². The third-order valence-corrected chi connectivity index (χ3v) is 3.21. The average molecular weight is 276 g/mol.